The number of aliphatic hydroxyl groups is 1. The minimum atomic E-state index is -0.0656. The van der Waals surface area contributed by atoms with Crippen molar-refractivity contribution in [2.75, 3.05) is 6.54 Å². The SMILES string of the molecule is Cn1cnc2cc(CC(=O)N3CCc4c(CO)n[nH]c4C3)ccc21. The van der Waals surface area contributed by atoms with E-state index in [1.165, 1.54) is 0 Å². The number of nitrogens with zero attached hydrogens (tertiary/aromatic N) is 4. The van der Waals surface area contributed by atoms with Gasteiger partial charge in [0, 0.05) is 19.2 Å². The highest BCUT2D eigenvalue weighted by molar-refractivity contribution is 5.82. The van der Waals surface area contributed by atoms with E-state index in [1.807, 2.05) is 34.7 Å². The van der Waals surface area contributed by atoms with Gasteiger partial charge in [-0.05, 0) is 24.1 Å². The molecule has 0 unspecified atom stereocenters. The van der Waals surface area contributed by atoms with Gasteiger partial charge in [-0.3, -0.25) is 9.89 Å². The number of carbonyl (C=O) groups is 1. The number of imidazole rings is 1. The van der Waals surface area contributed by atoms with Crippen LogP contribution in [0.15, 0.2) is 24.5 Å². The Kier molecular flexibility index (Phi) is 3.57. The molecule has 2 N–H and O–H groups in total. The molecule has 24 heavy (non-hydrogen) atoms. The third-order valence-corrected chi connectivity index (χ3v) is 4.67. The summed E-state index contributed by atoms with van der Waals surface area (Å²) in [6.45, 7) is 1.11. The predicted octanol–water partition coefficient (Wildman–Crippen LogP) is 0.916. The van der Waals surface area contributed by atoms with Gasteiger partial charge in [0.15, 0.2) is 0 Å². The first-order valence-electron chi connectivity index (χ1n) is 7.99. The number of rotatable bonds is 3. The van der Waals surface area contributed by atoms with Crippen molar-refractivity contribution in [3.8, 4) is 0 Å². The van der Waals surface area contributed by atoms with E-state index in [9.17, 15) is 9.90 Å². The van der Waals surface area contributed by atoms with Crippen LogP contribution < -0.4 is 0 Å². The molecule has 1 aliphatic rings. The molecule has 2 aromatic heterocycles. The molecule has 1 aliphatic heterocycles. The third-order valence-electron chi connectivity index (χ3n) is 4.67. The summed E-state index contributed by atoms with van der Waals surface area (Å²) in [6.07, 6.45) is 2.87. The maximum atomic E-state index is 12.6. The van der Waals surface area contributed by atoms with Gasteiger partial charge in [0.25, 0.3) is 0 Å². The van der Waals surface area contributed by atoms with E-state index in [-0.39, 0.29) is 12.5 Å². The molecule has 7 heteroatoms. The fraction of sp³-hybridized carbons (Fsp3) is 0.353. The molecule has 0 fully saturated rings. The lowest BCUT2D eigenvalue weighted by atomic mass is 10.0. The van der Waals surface area contributed by atoms with Gasteiger partial charge in [0.2, 0.25) is 5.91 Å². The summed E-state index contributed by atoms with van der Waals surface area (Å²) in [4.78, 5) is 18.8. The normalized spacial score (nSPS) is 14.2. The van der Waals surface area contributed by atoms with Crippen molar-refractivity contribution in [2.45, 2.75) is 26.0 Å². The summed E-state index contributed by atoms with van der Waals surface area (Å²) in [5.74, 6) is 0.0936. The zero-order valence-corrected chi connectivity index (χ0v) is 13.5. The van der Waals surface area contributed by atoms with Crippen molar-refractivity contribution in [1.29, 1.82) is 0 Å². The Morgan fingerprint density at radius 1 is 1.42 bits per heavy atom. The Morgan fingerprint density at radius 2 is 2.29 bits per heavy atom. The molecular weight excluding hydrogens is 306 g/mol. The minimum Gasteiger partial charge on any atom is -0.390 e. The van der Waals surface area contributed by atoms with Crippen molar-refractivity contribution < 1.29 is 9.90 Å². The molecule has 1 amide bonds. The number of aromatic amines is 1. The highest BCUT2D eigenvalue weighted by Gasteiger charge is 2.24. The molecule has 1 aromatic carbocycles. The average Bonchev–Trinajstić information content (AvgIpc) is 3.17. The lowest BCUT2D eigenvalue weighted by molar-refractivity contribution is -0.131. The zero-order chi connectivity index (χ0) is 16.7. The molecule has 3 heterocycles. The van der Waals surface area contributed by atoms with Crippen molar-refractivity contribution >= 4 is 16.9 Å². The van der Waals surface area contributed by atoms with Crippen LogP contribution in [-0.2, 0) is 37.8 Å². The third kappa shape index (κ3) is 2.46. The van der Waals surface area contributed by atoms with Gasteiger partial charge < -0.3 is 14.6 Å². The minimum absolute atomic E-state index is 0.0656. The molecule has 124 valence electrons. The molecule has 3 aromatic rings. The first-order chi connectivity index (χ1) is 11.7. The lowest BCUT2D eigenvalue weighted by Gasteiger charge is -2.27. The van der Waals surface area contributed by atoms with Crippen LogP contribution in [0.3, 0.4) is 0 Å². The Hall–Kier alpha value is -2.67. The van der Waals surface area contributed by atoms with E-state index >= 15 is 0 Å². The van der Waals surface area contributed by atoms with Crippen LogP contribution in [0.2, 0.25) is 0 Å². The van der Waals surface area contributed by atoms with Crippen molar-refractivity contribution in [3.63, 3.8) is 0 Å². The molecule has 0 saturated carbocycles. The van der Waals surface area contributed by atoms with Gasteiger partial charge in [-0.2, -0.15) is 5.10 Å². The Labute approximate surface area is 138 Å². The maximum absolute atomic E-state index is 12.6. The van der Waals surface area contributed by atoms with Gasteiger partial charge in [0.05, 0.1) is 48.3 Å². The van der Waals surface area contributed by atoms with Crippen LogP contribution in [0.4, 0.5) is 0 Å². The summed E-state index contributed by atoms with van der Waals surface area (Å²) in [5.41, 5.74) is 5.61. The Morgan fingerprint density at radius 3 is 3.12 bits per heavy atom. The van der Waals surface area contributed by atoms with Crippen LogP contribution in [0.25, 0.3) is 11.0 Å². The van der Waals surface area contributed by atoms with Crippen molar-refractivity contribution in [3.05, 3.63) is 47.0 Å². The Bertz CT molecular complexity index is 911. The molecule has 0 saturated heterocycles. The maximum Gasteiger partial charge on any atom is 0.227 e. The number of amides is 1. The van der Waals surface area contributed by atoms with E-state index in [0.717, 1.165) is 34.3 Å². The first-order valence-corrected chi connectivity index (χ1v) is 7.99. The average molecular weight is 325 g/mol. The summed E-state index contributed by atoms with van der Waals surface area (Å²) >= 11 is 0. The van der Waals surface area contributed by atoms with Gasteiger partial charge in [-0.1, -0.05) is 6.07 Å². The van der Waals surface area contributed by atoms with Crippen LogP contribution >= 0.6 is 0 Å². The number of hydrogen-bond acceptors (Lipinski definition) is 4. The fourth-order valence-electron chi connectivity index (χ4n) is 3.31. The highest BCUT2D eigenvalue weighted by Crippen LogP contribution is 2.21. The second-order valence-electron chi connectivity index (χ2n) is 6.21. The smallest absolute Gasteiger partial charge is 0.227 e. The summed E-state index contributed by atoms with van der Waals surface area (Å²) < 4.78 is 1.96. The first kappa shape index (κ1) is 14.9. The van der Waals surface area contributed by atoms with E-state index in [0.29, 0.717) is 25.2 Å². The van der Waals surface area contributed by atoms with Crippen LogP contribution in [-0.4, -0.2) is 42.2 Å². The van der Waals surface area contributed by atoms with E-state index in [2.05, 4.69) is 15.2 Å². The molecule has 0 spiro atoms. The topological polar surface area (TPSA) is 87.0 Å². The molecule has 0 atom stereocenters. The number of nitrogens with one attached hydrogen (secondary N) is 1. The number of hydrogen-bond donors (Lipinski definition) is 2. The molecule has 0 radical (unpaired) electrons. The number of H-pyrrole nitrogens is 1. The second-order valence-corrected chi connectivity index (χ2v) is 6.21. The molecule has 0 aliphatic carbocycles. The molecule has 7 nitrogen and oxygen atoms in total. The van der Waals surface area contributed by atoms with Gasteiger partial charge in [-0.15, -0.1) is 0 Å². The van der Waals surface area contributed by atoms with Gasteiger partial charge in [0.1, 0.15) is 0 Å². The number of aliphatic hydroxyl groups excluding tert-OH is 1. The van der Waals surface area contributed by atoms with Crippen molar-refractivity contribution in [1.82, 2.24) is 24.6 Å². The molecular formula is C17H19N5O2. The second kappa shape index (κ2) is 5.76. The van der Waals surface area contributed by atoms with E-state index in [4.69, 9.17) is 0 Å². The van der Waals surface area contributed by atoms with Crippen LogP contribution in [0.1, 0.15) is 22.5 Å². The van der Waals surface area contributed by atoms with E-state index in [1.54, 1.807) is 6.33 Å². The standard InChI is InChI=1S/C17H19N5O2/c1-21-10-18-13-6-11(2-3-16(13)21)7-17(24)22-5-4-12-14(8-22)19-20-15(12)9-23/h2-3,6,10,23H,4-5,7-9H2,1H3,(H,19,20). The van der Waals surface area contributed by atoms with E-state index < -0.39 is 0 Å². The molecule has 0 bridgehead atoms. The largest absolute Gasteiger partial charge is 0.390 e. The quantitative estimate of drug-likeness (QED) is 0.749. The van der Waals surface area contributed by atoms with Crippen LogP contribution in [0, 0.1) is 0 Å². The highest BCUT2D eigenvalue weighted by atomic mass is 16.3. The fourth-order valence-corrected chi connectivity index (χ4v) is 3.31. The number of benzene rings is 1. The number of aryl methyl sites for hydroxylation is 1. The zero-order valence-electron chi connectivity index (χ0n) is 13.5. The van der Waals surface area contributed by atoms with Gasteiger partial charge >= 0.3 is 0 Å². The summed E-state index contributed by atoms with van der Waals surface area (Å²) in [5, 5.41) is 16.3. The summed E-state index contributed by atoms with van der Waals surface area (Å²) in [6, 6.07) is 5.96. The van der Waals surface area contributed by atoms with Crippen molar-refractivity contribution in [2.24, 2.45) is 7.05 Å². The summed E-state index contributed by atoms with van der Waals surface area (Å²) in [7, 11) is 1.95. The monoisotopic (exact) mass is 325 g/mol. The Balaban J connectivity index is 1.49. The number of aromatic nitrogens is 4. The van der Waals surface area contributed by atoms with Crippen LogP contribution in [0.5, 0.6) is 0 Å². The molecule has 4 rings (SSSR count). The number of carbonyl (C=O) groups excluding carboxylic acids is 1. The van der Waals surface area contributed by atoms with Gasteiger partial charge in [-0.25, -0.2) is 4.98 Å². The number of fused-ring (bicyclic) bond motifs is 2. The predicted molar refractivity (Wildman–Crippen MR) is 88.0 cm³/mol. The lowest BCUT2D eigenvalue weighted by Crippen LogP contribution is -2.37.